The van der Waals surface area contributed by atoms with Gasteiger partial charge >= 0.3 is 11.9 Å². The van der Waals surface area contributed by atoms with Crippen molar-refractivity contribution >= 4 is 32.9 Å². The summed E-state index contributed by atoms with van der Waals surface area (Å²) in [7, 11) is -0.941. The number of hydrogen-bond donors (Lipinski definition) is 0. The smallest absolute Gasteiger partial charge is 0.326 e. The van der Waals surface area contributed by atoms with Crippen LogP contribution in [0.1, 0.15) is 12.2 Å². The molecule has 0 amide bonds. The lowest BCUT2D eigenvalue weighted by molar-refractivity contribution is -0.140. The van der Waals surface area contributed by atoms with E-state index in [0.717, 1.165) is 11.0 Å². The molecule has 0 bridgehead atoms. The first kappa shape index (κ1) is 21.3. The van der Waals surface area contributed by atoms with Crippen LogP contribution >= 0.6 is 0 Å². The first-order chi connectivity index (χ1) is 14.7. The zero-order valence-electron chi connectivity index (χ0n) is 16.7. The summed E-state index contributed by atoms with van der Waals surface area (Å²) < 4.78 is 54.6. The zero-order valence-corrected chi connectivity index (χ0v) is 17.5. The molecule has 4 aromatic rings. The van der Waals surface area contributed by atoms with Crippen LogP contribution in [0.2, 0.25) is 0 Å². The molecule has 4 rings (SSSR count). The molecule has 0 N–H and O–H groups in total. The minimum absolute atomic E-state index is 0.00419. The number of rotatable bonds is 7. The summed E-state index contributed by atoms with van der Waals surface area (Å²) in [5.74, 6) is 1.06. The van der Waals surface area contributed by atoms with E-state index in [1.165, 1.54) is 23.0 Å². The zero-order chi connectivity index (χ0) is 22.2. The van der Waals surface area contributed by atoms with E-state index < -0.39 is 29.2 Å². The Balaban J connectivity index is 1.80. The standard InChI is InChI=1S/C20H20F3N5O2S/c1-31(30)10-4-9-26-15-6-3-2-5-14(15)25-18(26)12-27-17-11-24-8-7-16(17)28(19(27)29)13-20(21,22)23/h2-3,5-8,11H,4,9-10,12-13H2,1H3. The van der Waals surface area contributed by atoms with E-state index in [9.17, 15) is 22.2 Å². The highest BCUT2D eigenvalue weighted by molar-refractivity contribution is 7.84. The van der Waals surface area contributed by atoms with Crippen LogP contribution in [0.15, 0.2) is 47.5 Å². The van der Waals surface area contributed by atoms with Gasteiger partial charge in [0.15, 0.2) is 0 Å². The molecule has 1 unspecified atom stereocenters. The topological polar surface area (TPSA) is 74.7 Å². The van der Waals surface area contributed by atoms with Crippen LogP contribution in [0.4, 0.5) is 13.2 Å². The van der Waals surface area contributed by atoms with Gasteiger partial charge in [0.1, 0.15) is 12.4 Å². The van der Waals surface area contributed by atoms with Crippen LogP contribution in [-0.2, 0) is 30.4 Å². The Morgan fingerprint density at radius 3 is 2.55 bits per heavy atom. The Morgan fingerprint density at radius 2 is 1.81 bits per heavy atom. The van der Waals surface area contributed by atoms with Gasteiger partial charge in [-0.3, -0.25) is 18.3 Å². The minimum atomic E-state index is -4.53. The van der Waals surface area contributed by atoms with Crippen molar-refractivity contribution in [3.05, 3.63) is 59.0 Å². The summed E-state index contributed by atoms with van der Waals surface area (Å²) >= 11 is 0. The minimum Gasteiger partial charge on any atom is -0.326 e. The molecule has 0 aliphatic carbocycles. The van der Waals surface area contributed by atoms with Crippen molar-refractivity contribution in [2.75, 3.05) is 12.0 Å². The summed E-state index contributed by atoms with van der Waals surface area (Å²) in [5.41, 5.74) is 1.28. The fourth-order valence-electron chi connectivity index (χ4n) is 3.71. The molecule has 3 heterocycles. The lowest BCUT2D eigenvalue weighted by Crippen LogP contribution is -2.30. The van der Waals surface area contributed by atoms with Crippen molar-refractivity contribution in [1.82, 2.24) is 23.7 Å². The van der Waals surface area contributed by atoms with E-state index >= 15 is 0 Å². The molecule has 7 nitrogen and oxygen atoms in total. The average Bonchev–Trinajstić information content (AvgIpc) is 3.18. The quantitative estimate of drug-likeness (QED) is 0.433. The third-order valence-electron chi connectivity index (χ3n) is 5.01. The fourth-order valence-corrected chi connectivity index (χ4v) is 4.25. The number of aryl methyl sites for hydroxylation is 1. The number of hydrogen-bond acceptors (Lipinski definition) is 4. The highest BCUT2D eigenvalue weighted by Gasteiger charge is 2.31. The number of nitrogens with zero attached hydrogens (tertiary/aromatic N) is 5. The van der Waals surface area contributed by atoms with Gasteiger partial charge in [0.2, 0.25) is 0 Å². The number of para-hydroxylation sites is 2. The van der Waals surface area contributed by atoms with E-state index in [1.807, 2.05) is 28.8 Å². The van der Waals surface area contributed by atoms with Crippen molar-refractivity contribution in [3.63, 3.8) is 0 Å². The number of halogens is 3. The van der Waals surface area contributed by atoms with Crippen molar-refractivity contribution in [2.24, 2.45) is 0 Å². The van der Waals surface area contributed by atoms with Gasteiger partial charge in [-0.05, 0) is 24.6 Å². The molecule has 3 aromatic heterocycles. The van der Waals surface area contributed by atoms with Crippen molar-refractivity contribution in [2.45, 2.75) is 32.2 Å². The van der Waals surface area contributed by atoms with Crippen LogP contribution < -0.4 is 5.69 Å². The van der Waals surface area contributed by atoms with Gasteiger partial charge in [-0.2, -0.15) is 13.2 Å². The molecule has 1 atom stereocenters. The second kappa shape index (κ2) is 8.29. The fraction of sp³-hybridized carbons (Fsp3) is 0.350. The van der Waals surface area contributed by atoms with Crippen LogP contribution in [-0.4, -0.2) is 46.1 Å². The predicted molar refractivity (Wildman–Crippen MR) is 112 cm³/mol. The molecule has 11 heteroatoms. The Kier molecular flexibility index (Phi) is 5.69. The first-order valence-corrected chi connectivity index (χ1v) is 11.3. The second-order valence-electron chi connectivity index (χ2n) is 7.23. The maximum atomic E-state index is 13.1. The third-order valence-corrected chi connectivity index (χ3v) is 5.87. The monoisotopic (exact) mass is 451 g/mol. The summed E-state index contributed by atoms with van der Waals surface area (Å²) in [4.78, 5) is 21.5. The number of aromatic nitrogens is 5. The second-order valence-corrected chi connectivity index (χ2v) is 8.79. The molecule has 164 valence electrons. The Bertz CT molecular complexity index is 1320. The Labute approximate surface area is 177 Å². The lowest BCUT2D eigenvalue weighted by atomic mass is 10.3. The average molecular weight is 451 g/mol. The van der Waals surface area contributed by atoms with Crippen molar-refractivity contribution in [1.29, 1.82) is 0 Å². The number of pyridine rings is 1. The van der Waals surface area contributed by atoms with E-state index in [1.54, 1.807) is 6.26 Å². The van der Waals surface area contributed by atoms with Gasteiger partial charge in [-0.25, -0.2) is 9.78 Å². The molecular weight excluding hydrogens is 431 g/mol. The van der Waals surface area contributed by atoms with Crippen molar-refractivity contribution < 1.29 is 17.4 Å². The van der Waals surface area contributed by atoms with E-state index in [2.05, 4.69) is 9.97 Å². The van der Waals surface area contributed by atoms with Crippen LogP contribution in [0.3, 0.4) is 0 Å². The van der Waals surface area contributed by atoms with Gasteiger partial charge in [0.05, 0.1) is 34.8 Å². The highest BCUT2D eigenvalue weighted by Crippen LogP contribution is 2.22. The normalized spacial score (nSPS) is 13.3. The maximum absolute atomic E-state index is 13.1. The molecule has 0 saturated carbocycles. The molecule has 0 spiro atoms. The lowest BCUT2D eigenvalue weighted by Gasteiger charge is -2.10. The SMILES string of the molecule is CS(=O)CCCn1c(Cn2c(=O)n(CC(F)(F)F)c3ccncc32)nc2ccccc21. The molecule has 1 aromatic carbocycles. The van der Waals surface area contributed by atoms with Crippen LogP contribution in [0.25, 0.3) is 22.1 Å². The predicted octanol–water partition coefficient (Wildman–Crippen LogP) is 2.93. The third kappa shape index (κ3) is 4.41. The highest BCUT2D eigenvalue weighted by atomic mass is 32.2. The van der Waals surface area contributed by atoms with Crippen LogP contribution in [0, 0.1) is 0 Å². The molecule has 0 fully saturated rings. The van der Waals surface area contributed by atoms with Crippen molar-refractivity contribution in [3.8, 4) is 0 Å². The number of imidazole rings is 2. The van der Waals surface area contributed by atoms with Crippen LogP contribution in [0.5, 0.6) is 0 Å². The summed E-state index contributed by atoms with van der Waals surface area (Å²) in [6, 6.07) is 8.85. The summed E-state index contributed by atoms with van der Waals surface area (Å²) in [5, 5.41) is 0. The number of fused-ring (bicyclic) bond motifs is 2. The van der Waals surface area contributed by atoms with Gasteiger partial charge in [0.25, 0.3) is 0 Å². The van der Waals surface area contributed by atoms with E-state index in [4.69, 9.17) is 0 Å². The molecule has 0 aliphatic heterocycles. The summed E-state index contributed by atoms with van der Waals surface area (Å²) in [6.45, 7) is -0.850. The molecule has 0 saturated heterocycles. The van der Waals surface area contributed by atoms with Gasteiger partial charge in [-0.1, -0.05) is 12.1 Å². The largest absolute Gasteiger partial charge is 0.406 e. The first-order valence-electron chi connectivity index (χ1n) is 9.58. The maximum Gasteiger partial charge on any atom is 0.406 e. The number of benzene rings is 1. The molecule has 0 radical (unpaired) electrons. The van der Waals surface area contributed by atoms with E-state index in [0.29, 0.717) is 34.6 Å². The molecule has 0 aliphatic rings. The van der Waals surface area contributed by atoms with E-state index in [-0.39, 0.29) is 12.1 Å². The Morgan fingerprint density at radius 1 is 1.03 bits per heavy atom. The molecule has 31 heavy (non-hydrogen) atoms. The Hall–Kier alpha value is -2.95. The van der Waals surface area contributed by atoms with Gasteiger partial charge < -0.3 is 4.57 Å². The van der Waals surface area contributed by atoms with Gasteiger partial charge in [0, 0.05) is 35.5 Å². The van der Waals surface area contributed by atoms with Gasteiger partial charge in [-0.15, -0.1) is 0 Å². The molecular formula is C20H20F3N5O2S. The number of alkyl halides is 3. The summed E-state index contributed by atoms with van der Waals surface area (Å²) in [6.07, 6.45) is 0.489.